The van der Waals surface area contributed by atoms with Crippen LogP contribution >= 0.6 is 23.4 Å². The summed E-state index contributed by atoms with van der Waals surface area (Å²) in [5, 5.41) is 11.1. The van der Waals surface area contributed by atoms with Crippen molar-refractivity contribution in [1.29, 1.82) is 0 Å². The second kappa shape index (κ2) is 6.10. The van der Waals surface area contributed by atoms with Crippen molar-refractivity contribution in [3.63, 3.8) is 0 Å². The van der Waals surface area contributed by atoms with E-state index in [2.05, 4.69) is 11.9 Å². The van der Waals surface area contributed by atoms with Gasteiger partial charge in [0.25, 0.3) is 0 Å². The third-order valence-electron chi connectivity index (χ3n) is 3.27. The molecule has 1 saturated heterocycles. The molecule has 0 bridgehead atoms. The lowest BCUT2D eigenvalue weighted by molar-refractivity contribution is 0.0763. The van der Waals surface area contributed by atoms with Crippen molar-refractivity contribution in [2.75, 3.05) is 25.1 Å². The summed E-state index contributed by atoms with van der Waals surface area (Å²) < 4.78 is 0. The minimum atomic E-state index is -0.340. The molecule has 17 heavy (non-hydrogen) atoms. The van der Waals surface area contributed by atoms with E-state index in [0.29, 0.717) is 6.42 Å². The van der Waals surface area contributed by atoms with Gasteiger partial charge in [-0.25, -0.2) is 0 Å². The Morgan fingerprint density at radius 1 is 1.53 bits per heavy atom. The molecule has 0 spiro atoms. The molecular formula is C13H18ClNOS. The predicted molar refractivity (Wildman–Crippen MR) is 74.9 cm³/mol. The van der Waals surface area contributed by atoms with Gasteiger partial charge in [-0.3, -0.25) is 4.90 Å². The van der Waals surface area contributed by atoms with Crippen LogP contribution in [0.15, 0.2) is 24.3 Å². The minimum absolute atomic E-state index is 0.241. The number of likely N-dealkylation sites (N-methyl/N-ethyl adjacent to an activating group) is 1. The Balaban J connectivity index is 2.01. The zero-order valence-electron chi connectivity index (χ0n) is 9.97. The average molecular weight is 272 g/mol. The normalized spacial score (nSPS) is 23.6. The topological polar surface area (TPSA) is 23.5 Å². The highest BCUT2D eigenvalue weighted by atomic mass is 35.5. The minimum Gasteiger partial charge on any atom is -0.391 e. The molecule has 2 atom stereocenters. The summed E-state index contributed by atoms with van der Waals surface area (Å²) in [6, 6.07) is 7.99. The summed E-state index contributed by atoms with van der Waals surface area (Å²) in [6.07, 6.45) is 0.294. The van der Waals surface area contributed by atoms with E-state index in [1.165, 1.54) is 0 Å². The SMILES string of the molecule is CN1CCSCC1C(O)Cc1ccccc1Cl. The Hall–Kier alpha value is -0.220. The Bertz CT molecular complexity index is 374. The number of aliphatic hydroxyl groups excluding tert-OH is 1. The summed E-state index contributed by atoms with van der Waals surface area (Å²) in [6.45, 7) is 1.05. The van der Waals surface area contributed by atoms with Crippen LogP contribution in [0.5, 0.6) is 0 Å². The van der Waals surface area contributed by atoms with Crippen molar-refractivity contribution >= 4 is 23.4 Å². The summed E-state index contributed by atoms with van der Waals surface area (Å²) >= 11 is 8.03. The molecule has 0 aliphatic carbocycles. The van der Waals surface area contributed by atoms with Gasteiger partial charge in [0.05, 0.1) is 6.10 Å². The van der Waals surface area contributed by atoms with Crippen LogP contribution in [0.1, 0.15) is 5.56 Å². The average Bonchev–Trinajstić information content (AvgIpc) is 2.32. The first-order valence-electron chi connectivity index (χ1n) is 5.88. The summed E-state index contributed by atoms with van der Waals surface area (Å²) in [7, 11) is 2.08. The Morgan fingerprint density at radius 3 is 3.00 bits per heavy atom. The van der Waals surface area contributed by atoms with Crippen LogP contribution in [0.3, 0.4) is 0 Å². The van der Waals surface area contributed by atoms with E-state index in [9.17, 15) is 5.11 Å². The van der Waals surface area contributed by atoms with Gasteiger partial charge in [-0.15, -0.1) is 0 Å². The Kier molecular flexibility index (Phi) is 4.74. The maximum Gasteiger partial charge on any atom is 0.0744 e. The first-order valence-corrected chi connectivity index (χ1v) is 7.41. The third kappa shape index (κ3) is 3.38. The van der Waals surface area contributed by atoms with E-state index in [1.54, 1.807) is 0 Å². The van der Waals surface area contributed by atoms with Gasteiger partial charge in [-0.1, -0.05) is 29.8 Å². The summed E-state index contributed by atoms with van der Waals surface area (Å²) in [4.78, 5) is 2.25. The van der Waals surface area contributed by atoms with Crippen molar-refractivity contribution in [3.05, 3.63) is 34.9 Å². The van der Waals surface area contributed by atoms with E-state index in [1.807, 2.05) is 36.0 Å². The number of nitrogens with zero attached hydrogens (tertiary/aromatic N) is 1. The maximum atomic E-state index is 10.3. The molecule has 2 nitrogen and oxygen atoms in total. The quantitative estimate of drug-likeness (QED) is 0.913. The molecule has 0 saturated carbocycles. The second-order valence-electron chi connectivity index (χ2n) is 4.49. The molecule has 2 rings (SSSR count). The van der Waals surface area contributed by atoms with Gasteiger partial charge in [0.1, 0.15) is 0 Å². The van der Waals surface area contributed by atoms with Gasteiger partial charge < -0.3 is 5.11 Å². The standard InChI is InChI=1S/C13H18ClNOS/c1-15-6-7-17-9-12(15)13(16)8-10-4-2-3-5-11(10)14/h2-5,12-13,16H,6-9H2,1H3. The number of benzene rings is 1. The van der Waals surface area contributed by atoms with Crippen LogP contribution in [0, 0.1) is 0 Å². The van der Waals surface area contributed by atoms with Crippen molar-refractivity contribution < 1.29 is 5.11 Å². The molecule has 1 aliphatic heterocycles. The summed E-state index contributed by atoms with van der Waals surface area (Å²) in [5.74, 6) is 2.16. The van der Waals surface area contributed by atoms with Gasteiger partial charge >= 0.3 is 0 Å². The van der Waals surface area contributed by atoms with Gasteiger partial charge in [-0.2, -0.15) is 11.8 Å². The molecule has 0 radical (unpaired) electrons. The predicted octanol–water partition coefficient (Wildman–Crippen LogP) is 2.29. The van der Waals surface area contributed by atoms with Crippen LogP contribution < -0.4 is 0 Å². The molecule has 1 aromatic carbocycles. The van der Waals surface area contributed by atoms with Crippen LogP contribution in [0.25, 0.3) is 0 Å². The molecule has 4 heteroatoms. The molecule has 94 valence electrons. The molecule has 0 aromatic heterocycles. The number of thioether (sulfide) groups is 1. The van der Waals surface area contributed by atoms with E-state index >= 15 is 0 Å². The number of hydrogen-bond acceptors (Lipinski definition) is 3. The Morgan fingerprint density at radius 2 is 2.29 bits per heavy atom. The molecule has 1 N–H and O–H groups in total. The summed E-state index contributed by atoms with van der Waals surface area (Å²) in [5.41, 5.74) is 1.03. The van der Waals surface area contributed by atoms with Crippen LogP contribution in [0.4, 0.5) is 0 Å². The highest BCUT2D eigenvalue weighted by molar-refractivity contribution is 7.99. The zero-order valence-corrected chi connectivity index (χ0v) is 11.5. The molecule has 2 unspecified atom stereocenters. The number of aliphatic hydroxyl groups is 1. The third-order valence-corrected chi connectivity index (χ3v) is 4.69. The first-order chi connectivity index (χ1) is 8.18. The van der Waals surface area contributed by atoms with E-state index in [0.717, 1.165) is 28.6 Å². The fraction of sp³-hybridized carbons (Fsp3) is 0.538. The number of hydrogen-bond donors (Lipinski definition) is 1. The van der Waals surface area contributed by atoms with Crippen molar-refractivity contribution in [2.45, 2.75) is 18.6 Å². The fourth-order valence-corrected chi connectivity index (χ4v) is 3.65. The number of rotatable bonds is 3. The van der Waals surface area contributed by atoms with Crippen molar-refractivity contribution in [3.8, 4) is 0 Å². The van der Waals surface area contributed by atoms with Crippen LogP contribution in [-0.2, 0) is 6.42 Å². The van der Waals surface area contributed by atoms with Gasteiger partial charge in [0.2, 0.25) is 0 Å². The van der Waals surface area contributed by atoms with Gasteiger partial charge in [0.15, 0.2) is 0 Å². The smallest absolute Gasteiger partial charge is 0.0744 e. The number of halogens is 1. The van der Waals surface area contributed by atoms with E-state index < -0.39 is 0 Å². The first kappa shape index (κ1) is 13.2. The van der Waals surface area contributed by atoms with Crippen molar-refractivity contribution in [2.24, 2.45) is 0 Å². The fourth-order valence-electron chi connectivity index (χ4n) is 2.14. The van der Waals surface area contributed by atoms with Crippen LogP contribution in [-0.4, -0.2) is 47.3 Å². The zero-order chi connectivity index (χ0) is 12.3. The molecule has 1 fully saturated rings. The lowest BCUT2D eigenvalue weighted by atomic mass is 10.0. The van der Waals surface area contributed by atoms with E-state index in [-0.39, 0.29) is 12.1 Å². The van der Waals surface area contributed by atoms with Gasteiger partial charge in [0, 0.05) is 35.5 Å². The largest absolute Gasteiger partial charge is 0.391 e. The molecule has 1 heterocycles. The molecule has 0 amide bonds. The van der Waals surface area contributed by atoms with Gasteiger partial charge in [-0.05, 0) is 18.7 Å². The molecular weight excluding hydrogens is 254 g/mol. The highest BCUT2D eigenvalue weighted by Gasteiger charge is 2.26. The van der Waals surface area contributed by atoms with Crippen molar-refractivity contribution in [1.82, 2.24) is 4.90 Å². The monoisotopic (exact) mass is 271 g/mol. The Labute approximate surface area is 112 Å². The molecule has 1 aliphatic rings. The maximum absolute atomic E-state index is 10.3. The second-order valence-corrected chi connectivity index (χ2v) is 6.04. The van der Waals surface area contributed by atoms with Crippen LogP contribution in [0.2, 0.25) is 5.02 Å². The lowest BCUT2D eigenvalue weighted by Gasteiger charge is -2.35. The van der Waals surface area contributed by atoms with E-state index in [4.69, 9.17) is 11.6 Å². The lowest BCUT2D eigenvalue weighted by Crippen LogP contribution is -2.47. The highest BCUT2D eigenvalue weighted by Crippen LogP contribution is 2.22. The molecule has 1 aromatic rings.